The number of morpholine rings is 1. The quantitative estimate of drug-likeness (QED) is 0.626. The highest BCUT2D eigenvalue weighted by molar-refractivity contribution is 7.11. The Morgan fingerprint density at radius 2 is 2.15 bits per heavy atom. The van der Waals surface area contributed by atoms with Crippen LogP contribution in [0.4, 0.5) is 4.39 Å². The summed E-state index contributed by atoms with van der Waals surface area (Å²) >= 11 is 1.72. The van der Waals surface area contributed by atoms with E-state index in [0.29, 0.717) is 13.1 Å². The van der Waals surface area contributed by atoms with Crippen molar-refractivity contribution < 1.29 is 9.13 Å². The van der Waals surface area contributed by atoms with Crippen LogP contribution in [-0.4, -0.2) is 48.1 Å². The molecule has 1 aromatic heterocycles. The summed E-state index contributed by atoms with van der Waals surface area (Å²) in [5.74, 6) is 0.667. The van der Waals surface area contributed by atoms with Crippen LogP contribution in [0.25, 0.3) is 0 Å². The van der Waals surface area contributed by atoms with Gasteiger partial charge in [0.2, 0.25) is 0 Å². The molecule has 7 heteroatoms. The number of nitrogens with one attached hydrogen (secondary N) is 1. The van der Waals surface area contributed by atoms with Crippen LogP contribution in [0.2, 0.25) is 0 Å². The lowest BCUT2D eigenvalue weighted by molar-refractivity contribution is -0.0605. The van der Waals surface area contributed by atoms with Gasteiger partial charge in [-0.2, -0.15) is 0 Å². The monoisotopic (exact) mass is 390 g/mol. The van der Waals surface area contributed by atoms with Gasteiger partial charge in [-0.15, -0.1) is 11.3 Å². The second-order valence-electron chi connectivity index (χ2n) is 6.74. The van der Waals surface area contributed by atoms with E-state index in [1.54, 1.807) is 23.5 Å². The molecule has 0 radical (unpaired) electrons. The summed E-state index contributed by atoms with van der Waals surface area (Å²) in [6.45, 7) is 9.17. The molecule has 1 N–H and O–H groups in total. The molecule has 0 aliphatic carbocycles. The molecule has 1 aliphatic rings. The highest BCUT2D eigenvalue weighted by Gasteiger charge is 2.28. The van der Waals surface area contributed by atoms with Gasteiger partial charge in [0, 0.05) is 37.1 Å². The van der Waals surface area contributed by atoms with Crippen molar-refractivity contribution in [3.8, 4) is 0 Å². The van der Waals surface area contributed by atoms with E-state index in [1.807, 2.05) is 6.20 Å². The van der Waals surface area contributed by atoms with Gasteiger partial charge in [0.25, 0.3) is 0 Å². The number of halogens is 1. The van der Waals surface area contributed by atoms with Gasteiger partial charge in [-0.1, -0.05) is 12.1 Å². The van der Waals surface area contributed by atoms with Gasteiger partial charge >= 0.3 is 0 Å². The number of benzene rings is 1. The maximum atomic E-state index is 13.2. The molecule has 3 rings (SSSR count). The number of nitrogens with zero attached hydrogens (tertiary/aromatic N) is 3. The first-order valence-electron chi connectivity index (χ1n) is 9.40. The predicted octanol–water partition coefficient (Wildman–Crippen LogP) is 3.56. The van der Waals surface area contributed by atoms with Crippen molar-refractivity contribution in [1.29, 1.82) is 0 Å². The third-order valence-electron chi connectivity index (χ3n) is 4.39. The molecule has 2 atom stereocenters. The second kappa shape index (κ2) is 9.28. The maximum Gasteiger partial charge on any atom is 0.194 e. The van der Waals surface area contributed by atoms with E-state index >= 15 is 0 Å². The Morgan fingerprint density at radius 3 is 2.81 bits per heavy atom. The number of ether oxygens (including phenoxy) is 1. The number of guanidine groups is 1. The first-order chi connectivity index (χ1) is 13.0. The van der Waals surface area contributed by atoms with E-state index in [2.05, 4.69) is 36.0 Å². The number of aryl methyl sites for hydroxylation is 1. The summed E-state index contributed by atoms with van der Waals surface area (Å²) in [7, 11) is 0. The summed E-state index contributed by atoms with van der Waals surface area (Å²) in [4.78, 5) is 12.7. The summed E-state index contributed by atoms with van der Waals surface area (Å²) in [6.07, 6.45) is 2.72. The average Bonchev–Trinajstić information content (AvgIpc) is 3.06. The molecule has 5 nitrogen and oxygen atoms in total. The molecule has 1 fully saturated rings. The van der Waals surface area contributed by atoms with Crippen LogP contribution in [0, 0.1) is 12.7 Å². The Hall–Kier alpha value is -1.99. The predicted molar refractivity (Wildman–Crippen MR) is 108 cm³/mol. The molecule has 27 heavy (non-hydrogen) atoms. The molecule has 0 saturated carbocycles. The van der Waals surface area contributed by atoms with Crippen LogP contribution >= 0.6 is 11.3 Å². The summed E-state index contributed by atoms with van der Waals surface area (Å²) < 4.78 is 19.3. The molecule has 2 unspecified atom stereocenters. The van der Waals surface area contributed by atoms with Crippen molar-refractivity contribution in [2.75, 3.05) is 26.2 Å². The average molecular weight is 391 g/mol. The number of rotatable bonds is 5. The van der Waals surface area contributed by atoms with Crippen LogP contribution in [0.15, 0.2) is 35.5 Å². The molecular weight excluding hydrogens is 363 g/mol. The Balaban J connectivity index is 1.69. The highest BCUT2D eigenvalue weighted by atomic mass is 32.1. The van der Waals surface area contributed by atoms with E-state index < -0.39 is 0 Å². The minimum absolute atomic E-state index is 0.0688. The van der Waals surface area contributed by atoms with Crippen molar-refractivity contribution >= 4 is 17.3 Å². The fraction of sp³-hybridized carbons (Fsp3) is 0.500. The van der Waals surface area contributed by atoms with Crippen molar-refractivity contribution in [3.63, 3.8) is 0 Å². The molecule has 0 spiro atoms. The van der Waals surface area contributed by atoms with Crippen LogP contribution < -0.4 is 5.32 Å². The molecular formula is C20H27FN4OS. The van der Waals surface area contributed by atoms with Gasteiger partial charge < -0.3 is 15.0 Å². The van der Waals surface area contributed by atoms with E-state index in [4.69, 9.17) is 9.73 Å². The molecule has 2 aromatic rings. The zero-order valence-electron chi connectivity index (χ0n) is 16.1. The number of aliphatic imine (C=N–C) groups is 1. The van der Waals surface area contributed by atoms with Gasteiger partial charge in [0.05, 0.1) is 17.7 Å². The molecule has 1 aliphatic heterocycles. The molecule has 1 saturated heterocycles. The summed E-state index contributed by atoms with van der Waals surface area (Å²) in [6, 6.07) is 6.56. The first kappa shape index (κ1) is 19.8. The largest absolute Gasteiger partial charge is 0.367 e. The Bertz CT molecular complexity index is 762. The highest BCUT2D eigenvalue weighted by Crippen LogP contribution is 2.25. The number of aromatic nitrogens is 1. The van der Waals surface area contributed by atoms with Crippen molar-refractivity contribution in [2.24, 2.45) is 4.99 Å². The third kappa shape index (κ3) is 5.49. The van der Waals surface area contributed by atoms with Crippen LogP contribution in [0.3, 0.4) is 0 Å². The molecule has 146 valence electrons. The Labute approximate surface area is 164 Å². The minimum Gasteiger partial charge on any atom is -0.367 e. The first-order valence-corrected chi connectivity index (χ1v) is 10.2. The second-order valence-corrected chi connectivity index (χ2v) is 8.06. The zero-order valence-corrected chi connectivity index (χ0v) is 16.9. The van der Waals surface area contributed by atoms with Gasteiger partial charge in [-0.3, -0.25) is 4.99 Å². The van der Waals surface area contributed by atoms with Crippen LogP contribution in [0.5, 0.6) is 0 Å². The lowest BCUT2D eigenvalue weighted by atomic mass is 10.1. The van der Waals surface area contributed by atoms with Gasteiger partial charge in [0.1, 0.15) is 11.9 Å². The van der Waals surface area contributed by atoms with E-state index in [1.165, 1.54) is 17.0 Å². The van der Waals surface area contributed by atoms with E-state index in [-0.39, 0.29) is 18.0 Å². The van der Waals surface area contributed by atoms with Crippen LogP contribution in [0.1, 0.15) is 35.4 Å². The van der Waals surface area contributed by atoms with Crippen molar-refractivity contribution in [2.45, 2.75) is 39.4 Å². The Kier molecular flexibility index (Phi) is 6.79. The van der Waals surface area contributed by atoms with Gasteiger partial charge in [0.15, 0.2) is 5.96 Å². The minimum atomic E-state index is -0.230. The fourth-order valence-electron chi connectivity index (χ4n) is 3.19. The van der Waals surface area contributed by atoms with E-state index in [0.717, 1.165) is 36.0 Å². The molecule has 2 heterocycles. The summed E-state index contributed by atoms with van der Waals surface area (Å²) in [5.41, 5.74) is 0.988. The zero-order chi connectivity index (χ0) is 19.2. The standard InChI is InChI=1S/C20H27FN4OS/c1-4-22-20(23-10-9-19-24-11-15(3)27-19)25-12-14(2)26-18(13-25)16-5-7-17(21)8-6-16/h5-8,11,14,18H,4,9-10,12-13H2,1-3H3,(H,22,23). The van der Waals surface area contributed by atoms with Gasteiger partial charge in [-0.25, -0.2) is 9.37 Å². The van der Waals surface area contributed by atoms with Crippen molar-refractivity contribution in [1.82, 2.24) is 15.2 Å². The SMILES string of the molecule is CCNC(=NCCc1ncc(C)s1)N1CC(C)OC(c2ccc(F)cc2)C1. The molecule has 0 bridgehead atoms. The smallest absolute Gasteiger partial charge is 0.194 e. The molecule has 0 amide bonds. The number of hydrogen-bond donors (Lipinski definition) is 1. The topological polar surface area (TPSA) is 49.8 Å². The summed E-state index contributed by atoms with van der Waals surface area (Å²) in [5, 5.41) is 4.51. The Morgan fingerprint density at radius 1 is 1.37 bits per heavy atom. The van der Waals surface area contributed by atoms with E-state index in [9.17, 15) is 4.39 Å². The molecule has 1 aromatic carbocycles. The third-order valence-corrected chi connectivity index (χ3v) is 5.37. The van der Waals surface area contributed by atoms with Gasteiger partial charge in [-0.05, 0) is 38.5 Å². The number of thiazole rings is 1. The lowest BCUT2D eigenvalue weighted by Gasteiger charge is -2.38. The lowest BCUT2D eigenvalue weighted by Crippen LogP contribution is -2.50. The van der Waals surface area contributed by atoms with Crippen LogP contribution in [-0.2, 0) is 11.2 Å². The normalized spacial score (nSPS) is 20.7. The fourth-order valence-corrected chi connectivity index (χ4v) is 3.96. The maximum absolute atomic E-state index is 13.2. The number of hydrogen-bond acceptors (Lipinski definition) is 4. The van der Waals surface area contributed by atoms with Crippen molar-refractivity contribution in [3.05, 3.63) is 51.7 Å².